The first-order chi connectivity index (χ1) is 7.13. The SMILES string of the molecule is CCNC(=O)CN(CCC(=O)O)C1CC1. The van der Waals surface area contributed by atoms with Gasteiger partial charge >= 0.3 is 5.97 Å². The van der Waals surface area contributed by atoms with Gasteiger partial charge in [-0.2, -0.15) is 0 Å². The van der Waals surface area contributed by atoms with Crippen LogP contribution in [0.15, 0.2) is 0 Å². The molecule has 86 valence electrons. The fourth-order valence-corrected chi connectivity index (χ4v) is 1.51. The second-order valence-corrected chi connectivity index (χ2v) is 3.80. The van der Waals surface area contributed by atoms with Crippen LogP contribution in [-0.4, -0.2) is 47.6 Å². The zero-order valence-corrected chi connectivity index (χ0v) is 9.03. The molecule has 0 saturated heterocycles. The summed E-state index contributed by atoms with van der Waals surface area (Å²) in [5.74, 6) is -0.827. The zero-order valence-electron chi connectivity index (χ0n) is 9.03. The van der Waals surface area contributed by atoms with Gasteiger partial charge in [-0.05, 0) is 19.8 Å². The van der Waals surface area contributed by atoms with Crippen molar-refractivity contribution < 1.29 is 14.7 Å². The van der Waals surface area contributed by atoms with Gasteiger partial charge in [-0.25, -0.2) is 0 Å². The van der Waals surface area contributed by atoms with Crippen molar-refractivity contribution >= 4 is 11.9 Å². The minimum atomic E-state index is -0.809. The molecule has 1 amide bonds. The Labute approximate surface area is 89.4 Å². The Balaban J connectivity index is 2.30. The molecule has 1 aliphatic rings. The van der Waals surface area contributed by atoms with Gasteiger partial charge in [0.2, 0.25) is 5.91 Å². The minimum Gasteiger partial charge on any atom is -0.481 e. The lowest BCUT2D eigenvalue weighted by atomic mass is 10.3. The number of hydrogen-bond donors (Lipinski definition) is 2. The topological polar surface area (TPSA) is 69.6 Å². The number of hydrogen-bond acceptors (Lipinski definition) is 3. The predicted molar refractivity (Wildman–Crippen MR) is 55.5 cm³/mol. The number of likely N-dealkylation sites (N-methyl/N-ethyl adjacent to an activating group) is 1. The molecule has 0 unspecified atom stereocenters. The van der Waals surface area contributed by atoms with Gasteiger partial charge in [0.1, 0.15) is 0 Å². The van der Waals surface area contributed by atoms with Crippen LogP contribution in [0.1, 0.15) is 26.2 Å². The zero-order chi connectivity index (χ0) is 11.3. The van der Waals surface area contributed by atoms with Crippen LogP contribution in [0.3, 0.4) is 0 Å². The van der Waals surface area contributed by atoms with E-state index in [1.807, 2.05) is 11.8 Å². The van der Waals surface area contributed by atoms with Crippen molar-refractivity contribution in [3.05, 3.63) is 0 Å². The number of carboxylic acids is 1. The van der Waals surface area contributed by atoms with E-state index in [-0.39, 0.29) is 12.3 Å². The molecule has 5 nitrogen and oxygen atoms in total. The Hall–Kier alpha value is -1.10. The summed E-state index contributed by atoms with van der Waals surface area (Å²) in [7, 11) is 0. The van der Waals surface area contributed by atoms with Crippen LogP contribution in [0, 0.1) is 0 Å². The summed E-state index contributed by atoms with van der Waals surface area (Å²) in [4.78, 5) is 23.7. The van der Waals surface area contributed by atoms with Crippen LogP contribution >= 0.6 is 0 Å². The number of carbonyl (C=O) groups excluding carboxylic acids is 1. The molecule has 0 spiro atoms. The van der Waals surface area contributed by atoms with Crippen molar-refractivity contribution in [1.29, 1.82) is 0 Å². The summed E-state index contributed by atoms with van der Waals surface area (Å²) in [5, 5.41) is 11.3. The van der Waals surface area contributed by atoms with Gasteiger partial charge in [0.15, 0.2) is 0 Å². The second kappa shape index (κ2) is 5.70. The van der Waals surface area contributed by atoms with Crippen LogP contribution in [-0.2, 0) is 9.59 Å². The summed E-state index contributed by atoms with van der Waals surface area (Å²) < 4.78 is 0. The molecule has 0 aromatic rings. The molecule has 15 heavy (non-hydrogen) atoms. The van der Waals surface area contributed by atoms with Gasteiger partial charge in [-0.1, -0.05) is 0 Å². The third-order valence-electron chi connectivity index (χ3n) is 2.40. The first kappa shape index (κ1) is 12.0. The summed E-state index contributed by atoms with van der Waals surface area (Å²) in [6.07, 6.45) is 2.27. The van der Waals surface area contributed by atoms with Crippen molar-refractivity contribution in [2.24, 2.45) is 0 Å². The maximum atomic E-state index is 11.3. The van der Waals surface area contributed by atoms with Crippen LogP contribution in [0.25, 0.3) is 0 Å². The van der Waals surface area contributed by atoms with E-state index in [4.69, 9.17) is 5.11 Å². The average molecular weight is 214 g/mol. The average Bonchev–Trinajstić information content (AvgIpc) is 2.95. The maximum absolute atomic E-state index is 11.3. The Kier molecular flexibility index (Phi) is 4.55. The van der Waals surface area contributed by atoms with Crippen molar-refractivity contribution in [3.63, 3.8) is 0 Å². The molecule has 0 aromatic heterocycles. The van der Waals surface area contributed by atoms with Crippen LogP contribution in [0.4, 0.5) is 0 Å². The molecule has 0 atom stereocenters. The number of aliphatic carboxylic acids is 1. The van der Waals surface area contributed by atoms with E-state index in [9.17, 15) is 9.59 Å². The first-order valence-electron chi connectivity index (χ1n) is 5.36. The molecule has 1 aliphatic carbocycles. The monoisotopic (exact) mass is 214 g/mol. The van der Waals surface area contributed by atoms with Crippen molar-refractivity contribution in [1.82, 2.24) is 10.2 Å². The van der Waals surface area contributed by atoms with Gasteiger partial charge in [-0.3, -0.25) is 14.5 Å². The smallest absolute Gasteiger partial charge is 0.304 e. The highest BCUT2D eigenvalue weighted by atomic mass is 16.4. The summed E-state index contributed by atoms with van der Waals surface area (Å²) in [6, 6.07) is 0.423. The van der Waals surface area contributed by atoms with E-state index < -0.39 is 5.97 Å². The van der Waals surface area contributed by atoms with Gasteiger partial charge in [-0.15, -0.1) is 0 Å². The standard InChI is InChI=1S/C10H18N2O3/c1-2-11-9(13)7-12(8-3-4-8)6-5-10(14)15/h8H,2-7H2,1H3,(H,11,13)(H,14,15). The number of nitrogens with one attached hydrogen (secondary N) is 1. The van der Waals surface area contributed by atoms with E-state index in [0.717, 1.165) is 12.8 Å². The molecule has 1 fully saturated rings. The molecule has 0 aromatic carbocycles. The van der Waals surface area contributed by atoms with E-state index in [1.54, 1.807) is 0 Å². The lowest BCUT2D eigenvalue weighted by molar-refractivity contribution is -0.137. The quantitative estimate of drug-likeness (QED) is 0.629. The second-order valence-electron chi connectivity index (χ2n) is 3.80. The van der Waals surface area contributed by atoms with E-state index in [1.165, 1.54) is 0 Å². The van der Waals surface area contributed by atoms with Crippen molar-refractivity contribution in [2.75, 3.05) is 19.6 Å². The fourth-order valence-electron chi connectivity index (χ4n) is 1.51. The summed E-state index contributed by atoms with van der Waals surface area (Å²) in [6.45, 7) is 3.29. The molecule has 0 bridgehead atoms. The molecule has 0 radical (unpaired) electrons. The highest BCUT2D eigenvalue weighted by molar-refractivity contribution is 5.78. The molecular formula is C10H18N2O3. The fraction of sp³-hybridized carbons (Fsp3) is 0.800. The van der Waals surface area contributed by atoms with Crippen LogP contribution < -0.4 is 5.32 Å². The Morgan fingerprint density at radius 3 is 2.60 bits per heavy atom. The number of rotatable bonds is 7. The molecule has 2 N–H and O–H groups in total. The van der Waals surface area contributed by atoms with Gasteiger partial charge in [0, 0.05) is 19.1 Å². The number of carboxylic acid groups (broad SMARTS) is 1. The van der Waals surface area contributed by atoms with Crippen LogP contribution in [0.5, 0.6) is 0 Å². The highest BCUT2D eigenvalue weighted by Gasteiger charge is 2.30. The Morgan fingerprint density at radius 2 is 2.13 bits per heavy atom. The molecule has 1 saturated carbocycles. The third-order valence-corrected chi connectivity index (χ3v) is 2.40. The largest absolute Gasteiger partial charge is 0.481 e. The van der Waals surface area contributed by atoms with E-state index in [0.29, 0.717) is 25.7 Å². The number of nitrogens with zero attached hydrogens (tertiary/aromatic N) is 1. The van der Waals surface area contributed by atoms with Crippen molar-refractivity contribution in [3.8, 4) is 0 Å². The third kappa shape index (κ3) is 4.78. The van der Waals surface area contributed by atoms with Gasteiger partial charge in [0.25, 0.3) is 0 Å². The normalized spacial score (nSPS) is 15.3. The first-order valence-corrected chi connectivity index (χ1v) is 5.36. The van der Waals surface area contributed by atoms with E-state index >= 15 is 0 Å². The molecular weight excluding hydrogens is 196 g/mol. The highest BCUT2D eigenvalue weighted by Crippen LogP contribution is 2.26. The molecule has 0 heterocycles. The lowest BCUT2D eigenvalue weighted by Crippen LogP contribution is -2.39. The maximum Gasteiger partial charge on any atom is 0.304 e. The molecule has 5 heteroatoms. The Bertz CT molecular complexity index is 239. The van der Waals surface area contributed by atoms with Gasteiger partial charge in [0.05, 0.1) is 13.0 Å². The number of carbonyl (C=O) groups is 2. The summed E-state index contributed by atoms with van der Waals surface area (Å²) >= 11 is 0. The number of amides is 1. The summed E-state index contributed by atoms with van der Waals surface area (Å²) in [5.41, 5.74) is 0. The molecule has 0 aliphatic heterocycles. The van der Waals surface area contributed by atoms with E-state index in [2.05, 4.69) is 5.32 Å². The molecule has 1 rings (SSSR count). The Morgan fingerprint density at radius 1 is 1.47 bits per heavy atom. The van der Waals surface area contributed by atoms with Gasteiger partial charge < -0.3 is 10.4 Å². The van der Waals surface area contributed by atoms with Crippen LogP contribution in [0.2, 0.25) is 0 Å². The lowest BCUT2D eigenvalue weighted by Gasteiger charge is -2.20. The minimum absolute atomic E-state index is 0.0187. The predicted octanol–water partition coefficient (Wildman–Crippen LogP) is 0.0616. The van der Waals surface area contributed by atoms with Crippen molar-refractivity contribution in [2.45, 2.75) is 32.2 Å².